The molecule has 23 heavy (non-hydrogen) atoms. The van der Waals surface area contributed by atoms with Crippen molar-refractivity contribution in [2.24, 2.45) is 4.99 Å². The van der Waals surface area contributed by atoms with Crippen LogP contribution in [0.5, 0.6) is 5.75 Å². The summed E-state index contributed by atoms with van der Waals surface area (Å²) >= 11 is 1.71. The lowest BCUT2D eigenvalue weighted by Gasteiger charge is -2.17. The molecule has 0 saturated heterocycles. The van der Waals surface area contributed by atoms with Crippen molar-refractivity contribution in [3.63, 3.8) is 0 Å². The van der Waals surface area contributed by atoms with Gasteiger partial charge in [-0.1, -0.05) is 42.1 Å². The Morgan fingerprint density at radius 3 is 2.26 bits per heavy atom. The monoisotopic (exact) mass is 328 g/mol. The van der Waals surface area contributed by atoms with Gasteiger partial charge in [-0.2, -0.15) is 0 Å². The number of nitrogens with zero attached hydrogens (tertiary/aromatic N) is 1. The number of para-hydroxylation sites is 1. The molecule has 0 fully saturated rings. The normalized spacial score (nSPS) is 12.1. The molecular weight excluding hydrogens is 304 g/mol. The van der Waals surface area contributed by atoms with Crippen LogP contribution < -0.4 is 10.1 Å². The first-order chi connectivity index (χ1) is 11.0. The molecule has 0 spiro atoms. The van der Waals surface area contributed by atoms with E-state index in [4.69, 9.17) is 9.73 Å². The summed E-state index contributed by atoms with van der Waals surface area (Å²) in [7, 11) is 1.68. The van der Waals surface area contributed by atoms with Gasteiger partial charge in [0.2, 0.25) is 0 Å². The van der Waals surface area contributed by atoms with Crippen LogP contribution in [0.1, 0.15) is 26.3 Å². The van der Waals surface area contributed by atoms with Crippen LogP contribution in [0.25, 0.3) is 0 Å². The molecule has 2 aromatic rings. The van der Waals surface area contributed by atoms with E-state index in [0.717, 1.165) is 22.4 Å². The largest absolute Gasteiger partial charge is 0.497 e. The van der Waals surface area contributed by atoms with Gasteiger partial charge in [0.15, 0.2) is 5.17 Å². The van der Waals surface area contributed by atoms with Gasteiger partial charge in [0.25, 0.3) is 0 Å². The molecule has 2 aromatic carbocycles. The minimum absolute atomic E-state index is 0.121. The van der Waals surface area contributed by atoms with E-state index < -0.39 is 0 Å². The van der Waals surface area contributed by atoms with Gasteiger partial charge in [-0.3, -0.25) is 4.99 Å². The fourth-order valence-corrected chi connectivity index (χ4v) is 2.94. The van der Waals surface area contributed by atoms with Crippen molar-refractivity contribution >= 4 is 22.6 Å². The summed E-state index contributed by atoms with van der Waals surface area (Å²) in [6.07, 6.45) is 0. The Morgan fingerprint density at radius 2 is 1.70 bits per heavy atom. The molecule has 0 atom stereocenters. The van der Waals surface area contributed by atoms with E-state index in [0.29, 0.717) is 0 Å². The summed E-state index contributed by atoms with van der Waals surface area (Å²) in [5.74, 6) is 1.74. The number of aliphatic imine (C=N–C) groups is 1. The SMILES string of the molecule is COc1ccc(CSC(=NC(C)(C)C)Nc2ccccc2)cc1. The highest BCUT2D eigenvalue weighted by Crippen LogP contribution is 2.21. The van der Waals surface area contributed by atoms with Gasteiger partial charge in [0, 0.05) is 11.4 Å². The maximum absolute atomic E-state index is 5.20. The number of hydrogen-bond donors (Lipinski definition) is 1. The molecule has 0 aliphatic heterocycles. The van der Waals surface area contributed by atoms with E-state index in [9.17, 15) is 0 Å². The van der Waals surface area contributed by atoms with Crippen LogP contribution in [0.3, 0.4) is 0 Å². The van der Waals surface area contributed by atoms with E-state index >= 15 is 0 Å². The lowest BCUT2D eigenvalue weighted by Crippen LogP contribution is -2.18. The number of hydrogen-bond acceptors (Lipinski definition) is 3. The summed E-state index contributed by atoms with van der Waals surface area (Å²) in [6, 6.07) is 18.3. The quantitative estimate of drug-likeness (QED) is 0.619. The highest BCUT2D eigenvalue weighted by atomic mass is 32.2. The Labute approximate surface area is 143 Å². The van der Waals surface area contributed by atoms with E-state index in [1.807, 2.05) is 42.5 Å². The number of benzene rings is 2. The van der Waals surface area contributed by atoms with Gasteiger partial charge >= 0.3 is 0 Å². The highest BCUT2D eigenvalue weighted by molar-refractivity contribution is 8.13. The van der Waals surface area contributed by atoms with Crippen molar-refractivity contribution in [1.29, 1.82) is 0 Å². The Kier molecular flexibility index (Phi) is 6.11. The summed E-state index contributed by atoms with van der Waals surface area (Å²) < 4.78 is 5.20. The Balaban J connectivity index is 2.06. The minimum Gasteiger partial charge on any atom is -0.497 e. The zero-order valence-electron chi connectivity index (χ0n) is 14.2. The second kappa shape index (κ2) is 8.06. The Hall–Kier alpha value is -1.94. The molecule has 2 rings (SSSR count). The third kappa shape index (κ3) is 6.37. The van der Waals surface area contributed by atoms with Crippen molar-refractivity contribution in [2.45, 2.75) is 32.1 Å². The van der Waals surface area contributed by atoms with E-state index in [2.05, 4.69) is 38.2 Å². The number of nitrogens with one attached hydrogen (secondary N) is 1. The van der Waals surface area contributed by atoms with Crippen LogP contribution in [0.15, 0.2) is 59.6 Å². The average Bonchev–Trinajstić information content (AvgIpc) is 2.53. The van der Waals surface area contributed by atoms with Crippen LogP contribution in [-0.4, -0.2) is 17.8 Å². The molecule has 0 aliphatic rings. The molecule has 0 unspecified atom stereocenters. The van der Waals surface area contributed by atoms with E-state index in [1.165, 1.54) is 5.56 Å². The minimum atomic E-state index is -0.121. The first-order valence-corrected chi connectivity index (χ1v) is 8.62. The molecule has 0 radical (unpaired) electrons. The molecule has 0 aliphatic carbocycles. The molecule has 0 aromatic heterocycles. The number of thioether (sulfide) groups is 1. The Morgan fingerprint density at radius 1 is 1.04 bits per heavy atom. The van der Waals surface area contributed by atoms with Crippen molar-refractivity contribution in [3.05, 3.63) is 60.2 Å². The molecule has 3 nitrogen and oxygen atoms in total. The van der Waals surface area contributed by atoms with E-state index in [1.54, 1.807) is 18.9 Å². The third-order valence-corrected chi connectivity index (χ3v) is 3.94. The molecule has 4 heteroatoms. The fourth-order valence-electron chi connectivity index (χ4n) is 1.92. The van der Waals surface area contributed by atoms with Gasteiger partial charge in [-0.25, -0.2) is 0 Å². The van der Waals surface area contributed by atoms with Crippen LogP contribution in [0.4, 0.5) is 5.69 Å². The zero-order valence-corrected chi connectivity index (χ0v) is 15.0. The molecule has 0 amide bonds. The van der Waals surface area contributed by atoms with Gasteiger partial charge in [0.1, 0.15) is 5.75 Å². The molecule has 1 N–H and O–H groups in total. The highest BCUT2D eigenvalue weighted by Gasteiger charge is 2.11. The van der Waals surface area contributed by atoms with Crippen LogP contribution in [-0.2, 0) is 5.75 Å². The van der Waals surface area contributed by atoms with Crippen molar-refractivity contribution in [1.82, 2.24) is 0 Å². The standard InChI is InChI=1S/C19H24N2OS/c1-19(2,3)21-18(20-16-8-6-5-7-9-16)23-14-15-10-12-17(22-4)13-11-15/h5-13H,14H2,1-4H3,(H,20,21). The lowest BCUT2D eigenvalue weighted by molar-refractivity contribution is 0.414. The molecule has 122 valence electrons. The molecular formula is C19H24N2OS. The predicted molar refractivity (Wildman–Crippen MR) is 102 cm³/mol. The van der Waals surface area contributed by atoms with Crippen molar-refractivity contribution in [3.8, 4) is 5.75 Å². The second-order valence-corrected chi connectivity index (χ2v) is 7.18. The molecule has 0 heterocycles. The number of ether oxygens (including phenoxy) is 1. The van der Waals surface area contributed by atoms with Crippen LogP contribution >= 0.6 is 11.8 Å². The number of rotatable bonds is 4. The van der Waals surface area contributed by atoms with Crippen LogP contribution in [0.2, 0.25) is 0 Å². The topological polar surface area (TPSA) is 33.6 Å². The summed E-state index contributed by atoms with van der Waals surface area (Å²) in [5.41, 5.74) is 2.18. The summed E-state index contributed by atoms with van der Waals surface area (Å²) in [6.45, 7) is 6.31. The third-order valence-electron chi connectivity index (χ3n) is 3.00. The second-order valence-electron chi connectivity index (χ2n) is 6.22. The van der Waals surface area contributed by atoms with Gasteiger partial charge in [0.05, 0.1) is 12.6 Å². The van der Waals surface area contributed by atoms with Gasteiger partial charge in [-0.15, -0.1) is 0 Å². The number of amidine groups is 1. The number of methoxy groups -OCH3 is 1. The summed E-state index contributed by atoms with van der Waals surface area (Å²) in [4.78, 5) is 4.80. The smallest absolute Gasteiger partial charge is 0.161 e. The van der Waals surface area contributed by atoms with Crippen molar-refractivity contribution in [2.75, 3.05) is 12.4 Å². The summed E-state index contributed by atoms with van der Waals surface area (Å²) in [5, 5.41) is 4.35. The molecule has 0 saturated carbocycles. The number of anilines is 1. The first-order valence-electron chi connectivity index (χ1n) is 7.64. The maximum Gasteiger partial charge on any atom is 0.161 e. The predicted octanol–water partition coefficient (Wildman–Crippen LogP) is 5.20. The van der Waals surface area contributed by atoms with Gasteiger partial charge < -0.3 is 10.1 Å². The fraction of sp³-hybridized carbons (Fsp3) is 0.316. The van der Waals surface area contributed by atoms with Crippen molar-refractivity contribution < 1.29 is 4.74 Å². The zero-order chi connectivity index (χ0) is 16.7. The first kappa shape index (κ1) is 17.4. The lowest BCUT2D eigenvalue weighted by atomic mass is 10.1. The van der Waals surface area contributed by atoms with Gasteiger partial charge in [-0.05, 0) is 50.6 Å². The van der Waals surface area contributed by atoms with E-state index in [-0.39, 0.29) is 5.54 Å². The maximum atomic E-state index is 5.20. The average molecular weight is 328 g/mol. The Bertz CT molecular complexity index is 631. The molecule has 0 bridgehead atoms. The van der Waals surface area contributed by atoms with Crippen LogP contribution in [0, 0.1) is 0 Å².